The third kappa shape index (κ3) is 2.14. The molecule has 0 aliphatic carbocycles. The van der Waals surface area contributed by atoms with E-state index >= 15 is 0 Å². The van der Waals surface area contributed by atoms with Crippen LogP contribution >= 0.6 is 11.6 Å². The summed E-state index contributed by atoms with van der Waals surface area (Å²) in [5.41, 5.74) is 5.89. The normalized spacial score (nSPS) is 11.4. The number of para-hydroxylation sites is 1. The van der Waals surface area contributed by atoms with Crippen molar-refractivity contribution in [3.05, 3.63) is 53.6 Å². The first kappa shape index (κ1) is 12.0. The lowest BCUT2D eigenvalue weighted by Crippen LogP contribution is -2.05. The number of hydrogen-bond acceptors (Lipinski definition) is 3. The predicted molar refractivity (Wildman–Crippen MR) is 67.8 cm³/mol. The summed E-state index contributed by atoms with van der Waals surface area (Å²) in [5.74, 6) is 0. The van der Waals surface area contributed by atoms with Gasteiger partial charge in [0, 0.05) is 0 Å². The first-order chi connectivity index (χ1) is 8.03. The molecule has 3 nitrogen and oxygen atoms in total. The first-order valence-corrected chi connectivity index (χ1v) is 6.74. The van der Waals surface area contributed by atoms with Gasteiger partial charge in [-0.3, -0.25) is 0 Å². The van der Waals surface area contributed by atoms with Gasteiger partial charge in [-0.2, -0.15) is 0 Å². The van der Waals surface area contributed by atoms with E-state index in [1.54, 1.807) is 30.3 Å². The predicted octanol–water partition coefficient (Wildman–Crippen LogP) is 2.76. The second-order valence-electron chi connectivity index (χ2n) is 3.47. The van der Waals surface area contributed by atoms with Gasteiger partial charge in [0.25, 0.3) is 0 Å². The van der Waals surface area contributed by atoms with Gasteiger partial charge in [0.05, 0.1) is 20.5 Å². The van der Waals surface area contributed by atoms with E-state index in [2.05, 4.69) is 0 Å². The number of nitrogen functional groups attached to an aromatic ring is 1. The van der Waals surface area contributed by atoms with Crippen LogP contribution in [0.3, 0.4) is 0 Å². The molecule has 0 aliphatic heterocycles. The first-order valence-electron chi connectivity index (χ1n) is 4.87. The standard InChI is InChI=1S/C12H10ClNO2S/c13-9-5-1-3-7-11(9)17(15,16)12-8-4-2-6-10(12)14/h1-8H,14H2. The van der Waals surface area contributed by atoms with E-state index in [0.29, 0.717) is 0 Å². The highest BCUT2D eigenvalue weighted by molar-refractivity contribution is 7.91. The van der Waals surface area contributed by atoms with Crippen LogP contribution in [0, 0.1) is 0 Å². The Bertz CT molecular complexity index is 602. The van der Waals surface area contributed by atoms with Crippen LogP contribution in [0.2, 0.25) is 5.02 Å². The van der Waals surface area contributed by atoms with Crippen LogP contribution in [-0.4, -0.2) is 8.42 Å². The van der Waals surface area contributed by atoms with Crippen LogP contribution < -0.4 is 5.73 Å². The Balaban J connectivity index is 2.67. The number of hydrogen-bond donors (Lipinski definition) is 1. The maximum Gasteiger partial charge on any atom is 0.210 e. The fourth-order valence-electron chi connectivity index (χ4n) is 1.51. The van der Waals surface area contributed by atoms with E-state index in [9.17, 15) is 8.42 Å². The van der Waals surface area contributed by atoms with Crippen LogP contribution in [0.1, 0.15) is 0 Å². The van der Waals surface area contributed by atoms with Crippen molar-refractivity contribution in [1.29, 1.82) is 0 Å². The average molecular weight is 268 g/mol. The minimum atomic E-state index is -3.66. The molecular weight excluding hydrogens is 258 g/mol. The third-order valence-electron chi connectivity index (χ3n) is 2.33. The fourth-order valence-corrected chi connectivity index (χ4v) is 3.40. The van der Waals surface area contributed by atoms with Gasteiger partial charge in [-0.1, -0.05) is 35.9 Å². The zero-order valence-corrected chi connectivity index (χ0v) is 10.4. The average Bonchev–Trinajstić information content (AvgIpc) is 2.29. The topological polar surface area (TPSA) is 60.2 Å². The van der Waals surface area contributed by atoms with Crippen molar-refractivity contribution in [2.75, 3.05) is 5.73 Å². The molecule has 0 saturated carbocycles. The summed E-state index contributed by atoms with van der Waals surface area (Å²) >= 11 is 5.89. The lowest BCUT2D eigenvalue weighted by atomic mass is 10.3. The smallest absolute Gasteiger partial charge is 0.210 e. The van der Waals surface area contributed by atoms with Crippen LogP contribution in [0.25, 0.3) is 0 Å². The second-order valence-corrected chi connectivity index (χ2v) is 5.77. The molecule has 0 spiro atoms. The maximum atomic E-state index is 12.3. The van der Waals surface area contributed by atoms with E-state index in [4.69, 9.17) is 17.3 Å². The van der Waals surface area contributed by atoms with Crippen molar-refractivity contribution in [2.24, 2.45) is 0 Å². The van der Waals surface area contributed by atoms with Gasteiger partial charge < -0.3 is 5.73 Å². The van der Waals surface area contributed by atoms with E-state index < -0.39 is 9.84 Å². The Hall–Kier alpha value is -1.52. The largest absolute Gasteiger partial charge is 0.398 e. The Morgan fingerprint density at radius 3 is 2.00 bits per heavy atom. The van der Waals surface area contributed by atoms with E-state index in [-0.39, 0.29) is 20.5 Å². The third-order valence-corrected chi connectivity index (χ3v) is 4.66. The van der Waals surface area contributed by atoms with Gasteiger partial charge in [0.1, 0.15) is 0 Å². The Morgan fingerprint density at radius 1 is 0.882 bits per heavy atom. The second kappa shape index (κ2) is 4.39. The molecule has 2 N–H and O–H groups in total. The molecule has 0 aliphatic rings. The summed E-state index contributed by atoms with van der Waals surface area (Å²) in [6, 6.07) is 12.6. The minimum absolute atomic E-state index is 0.0690. The molecule has 0 amide bonds. The van der Waals surface area contributed by atoms with Crippen molar-refractivity contribution < 1.29 is 8.42 Å². The summed E-state index contributed by atoms with van der Waals surface area (Å²) in [6.07, 6.45) is 0. The van der Waals surface area contributed by atoms with Gasteiger partial charge in [0.2, 0.25) is 9.84 Å². The van der Waals surface area contributed by atoms with E-state index in [1.165, 1.54) is 18.2 Å². The summed E-state index contributed by atoms with van der Waals surface area (Å²) in [5, 5.41) is 0.191. The zero-order valence-electron chi connectivity index (χ0n) is 8.80. The van der Waals surface area contributed by atoms with Crippen LogP contribution in [0.5, 0.6) is 0 Å². The van der Waals surface area contributed by atoms with Gasteiger partial charge >= 0.3 is 0 Å². The van der Waals surface area contributed by atoms with E-state index in [1.807, 2.05) is 0 Å². The molecule has 2 aromatic rings. The monoisotopic (exact) mass is 267 g/mol. The van der Waals surface area contributed by atoms with Gasteiger partial charge in [-0.05, 0) is 24.3 Å². The minimum Gasteiger partial charge on any atom is -0.398 e. The molecule has 88 valence electrons. The van der Waals surface area contributed by atoms with Crippen molar-refractivity contribution in [3.8, 4) is 0 Å². The molecule has 0 atom stereocenters. The van der Waals surface area contributed by atoms with Gasteiger partial charge in [-0.15, -0.1) is 0 Å². The molecule has 5 heteroatoms. The molecule has 0 bridgehead atoms. The Morgan fingerprint density at radius 2 is 1.41 bits per heavy atom. The fraction of sp³-hybridized carbons (Fsp3) is 0. The molecule has 2 aromatic carbocycles. The number of benzene rings is 2. The van der Waals surface area contributed by atoms with Crippen molar-refractivity contribution >= 4 is 27.1 Å². The van der Waals surface area contributed by atoms with Crippen LogP contribution in [-0.2, 0) is 9.84 Å². The van der Waals surface area contributed by atoms with Crippen molar-refractivity contribution in [2.45, 2.75) is 9.79 Å². The molecule has 0 unspecified atom stereocenters. The van der Waals surface area contributed by atoms with Gasteiger partial charge in [0.15, 0.2) is 0 Å². The number of anilines is 1. The number of halogens is 1. The quantitative estimate of drug-likeness (QED) is 0.851. The highest BCUT2D eigenvalue weighted by Gasteiger charge is 2.22. The SMILES string of the molecule is Nc1ccccc1S(=O)(=O)c1ccccc1Cl. The molecular formula is C12H10ClNO2S. The summed E-state index contributed by atoms with van der Waals surface area (Å²) in [7, 11) is -3.66. The molecule has 0 saturated heterocycles. The zero-order chi connectivity index (χ0) is 12.5. The lowest BCUT2D eigenvalue weighted by molar-refractivity contribution is 0.596. The lowest BCUT2D eigenvalue weighted by Gasteiger charge is -2.08. The molecule has 0 heterocycles. The molecule has 2 rings (SSSR count). The molecule has 0 radical (unpaired) electrons. The Labute approximate surface area is 105 Å². The van der Waals surface area contributed by atoms with Crippen molar-refractivity contribution in [3.63, 3.8) is 0 Å². The molecule has 0 fully saturated rings. The number of rotatable bonds is 2. The van der Waals surface area contributed by atoms with Crippen molar-refractivity contribution in [1.82, 2.24) is 0 Å². The summed E-state index contributed by atoms with van der Waals surface area (Å²) < 4.78 is 24.6. The number of sulfone groups is 1. The van der Waals surface area contributed by atoms with Crippen LogP contribution in [0.4, 0.5) is 5.69 Å². The summed E-state index contributed by atoms with van der Waals surface area (Å²) in [6.45, 7) is 0. The summed E-state index contributed by atoms with van der Waals surface area (Å²) in [4.78, 5) is 0.146. The van der Waals surface area contributed by atoms with Crippen LogP contribution in [0.15, 0.2) is 58.3 Å². The Kier molecular flexibility index (Phi) is 3.09. The molecule has 17 heavy (non-hydrogen) atoms. The highest BCUT2D eigenvalue weighted by Crippen LogP contribution is 2.29. The number of nitrogens with two attached hydrogens (primary N) is 1. The molecule has 0 aromatic heterocycles. The van der Waals surface area contributed by atoms with Gasteiger partial charge in [-0.25, -0.2) is 8.42 Å². The highest BCUT2D eigenvalue weighted by atomic mass is 35.5. The van der Waals surface area contributed by atoms with E-state index in [0.717, 1.165) is 0 Å². The maximum absolute atomic E-state index is 12.3.